The van der Waals surface area contributed by atoms with Crippen LogP contribution in [0.2, 0.25) is 10.0 Å². The van der Waals surface area contributed by atoms with Crippen molar-refractivity contribution in [3.05, 3.63) is 39.4 Å². The molecular weight excluding hydrogens is 493 g/mol. The zero-order valence-electron chi connectivity index (χ0n) is 17.1. The highest BCUT2D eigenvalue weighted by atomic mass is 35.5. The van der Waals surface area contributed by atoms with Crippen LogP contribution in [0.4, 0.5) is 17.2 Å². The summed E-state index contributed by atoms with van der Waals surface area (Å²) in [6.07, 6.45) is 5.27. The Kier molecular flexibility index (Phi) is 6.75. The number of nitrogens with zero attached hydrogens (tertiary/aromatic N) is 2. The number of hydrogen-bond donors (Lipinski definition) is 3. The van der Waals surface area contributed by atoms with E-state index in [1.807, 2.05) is 0 Å². The fraction of sp³-hybridized carbons (Fsp3) is 0.350. The second kappa shape index (κ2) is 9.38. The van der Waals surface area contributed by atoms with Gasteiger partial charge in [0.1, 0.15) is 12.1 Å². The quantitative estimate of drug-likeness (QED) is 0.373. The molecule has 1 fully saturated rings. The Labute approximate surface area is 199 Å². The molecule has 1 saturated carbocycles. The maximum Gasteiger partial charge on any atom is 0.258 e. The molecule has 0 radical (unpaired) electrons. The zero-order valence-corrected chi connectivity index (χ0v) is 20.3. The smallest absolute Gasteiger partial charge is 0.258 e. The van der Waals surface area contributed by atoms with Crippen molar-refractivity contribution < 1.29 is 13.2 Å². The number of sulfonamides is 1. The lowest BCUT2D eigenvalue weighted by atomic mass is 9.93. The van der Waals surface area contributed by atoms with Crippen LogP contribution in [0.3, 0.4) is 0 Å². The average molecular weight is 514 g/mol. The maximum absolute atomic E-state index is 13.1. The standard InChI is InChI=1S/C20H21Cl2N5O3S2/c1-2-8-32(29,30)27-14-7-6-13(21)17(15(14)22)26-20(28)12-9-31-18-16(12)23-10-24-19(18)25-11-4-3-5-11/h6-7,9-11,27H,2-5,8H2,1H3,(H,26,28)(H,23,24,25). The SMILES string of the molecule is CCCS(=O)(=O)Nc1ccc(Cl)c(NC(=O)c2csc3c(NC4CCC4)ncnc23)c1Cl. The number of rotatable bonds is 8. The van der Waals surface area contributed by atoms with E-state index >= 15 is 0 Å². The van der Waals surface area contributed by atoms with E-state index in [1.54, 1.807) is 12.3 Å². The Hall–Kier alpha value is -2.14. The molecular formula is C20H21Cl2N5O3S2. The van der Waals surface area contributed by atoms with Gasteiger partial charge < -0.3 is 10.6 Å². The van der Waals surface area contributed by atoms with Crippen LogP contribution >= 0.6 is 34.5 Å². The third kappa shape index (κ3) is 4.78. The van der Waals surface area contributed by atoms with Gasteiger partial charge in [0, 0.05) is 11.4 Å². The molecule has 3 aromatic rings. The average Bonchev–Trinajstić information content (AvgIpc) is 3.15. The summed E-state index contributed by atoms with van der Waals surface area (Å²) in [6, 6.07) is 3.32. The summed E-state index contributed by atoms with van der Waals surface area (Å²) in [5, 5.41) is 8.00. The van der Waals surface area contributed by atoms with Gasteiger partial charge in [-0.1, -0.05) is 30.1 Å². The third-order valence-corrected chi connectivity index (χ3v) is 8.27. The van der Waals surface area contributed by atoms with Crippen LogP contribution < -0.4 is 15.4 Å². The Morgan fingerprint density at radius 2 is 2.03 bits per heavy atom. The lowest BCUT2D eigenvalue weighted by molar-refractivity contribution is 0.102. The molecule has 0 unspecified atom stereocenters. The Bertz CT molecular complexity index is 1280. The molecule has 12 heteroatoms. The maximum atomic E-state index is 13.1. The van der Waals surface area contributed by atoms with Crippen LogP contribution in [-0.4, -0.2) is 36.1 Å². The van der Waals surface area contributed by atoms with Crippen molar-refractivity contribution in [2.75, 3.05) is 21.1 Å². The molecule has 0 spiro atoms. The second-order valence-electron chi connectivity index (χ2n) is 7.48. The molecule has 32 heavy (non-hydrogen) atoms. The van der Waals surface area contributed by atoms with E-state index in [0.29, 0.717) is 29.4 Å². The fourth-order valence-electron chi connectivity index (χ4n) is 3.27. The number of hydrogen-bond acceptors (Lipinski definition) is 7. The first-order valence-corrected chi connectivity index (χ1v) is 13.4. The van der Waals surface area contributed by atoms with Gasteiger partial charge in [-0.3, -0.25) is 9.52 Å². The van der Waals surface area contributed by atoms with Crippen molar-refractivity contribution >= 4 is 77.9 Å². The highest BCUT2D eigenvalue weighted by Gasteiger charge is 2.23. The Balaban J connectivity index is 1.61. The van der Waals surface area contributed by atoms with Gasteiger partial charge in [0.05, 0.1) is 43.0 Å². The molecule has 2 heterocycles. The molecule has 0 atom stereocenters. The van der Waals surface area contributed by atoms with E-state index in [1.165, 1.54) is 36.2 Å². The Morgan fingerprint density at radius 3 is 2.72 bits per heavy atom. The molecule has 0 aliphatic heterocycles. The zero-order chi connectivity index (χ0) is 22.9. The highest BCUT2D eigenvalue weighted by Crippen LogP contribution is 2.38. The molecule has 170 valence electrons. The fourth-order valence-corrected chi connectivity index (χ4v) is 5.94. The normalized spacial score (nSPS) is 14.2. The first-order chi connectivity index (χ1) is 15.3. The van der Waals surface area contributed by atoms with E-state index in [0.717, 1.165) is 17.5 Å². The molecule has 0 bridgehead atoms. The van der Waals surface area contributed by atoms with E-state index in [2.05, 4.69) is 25.3 Å². The number of anilines is 3. The molecule has 3 N–H and O–H groups in total. The van der Waals surface area contributed by atoms with Crippen LogP contribution in [-0.2, 0) is 10.0 Å². The summed E-state index contributed by atoms with van der Waals surface area (Å²) in [4.78, 5) is 21.7. The van der Waals surface area contributed by atoms with Gasteiger partial charge in [0.15, 0.2) is 0 Å². The van der Waals surface area contributed by atoms with E-state index in [-0.39, 0.29) is 27.2 Å². The van der Waals surface area contributed by atoms with Crippen molar-refractivity contribution in [2.45, 2.75) is 38.6 Å². The predicted molar refractivity (Wildman–Crippen MR) is 131 cm³/mol. The number of carbonyl (C=O) groups excluding carboxylic acids is 1. The van der Waals surface area contributed by atoms with Gasteiger partial charge in [-0.15, -0.1) is 11.3 Å². The van der Waals surface area contributed by atoms with E-state index in [4.69, 9.17) is 23.2 Å². The van der Waals surface area contributed by atoms with Crippen molar-refractivity contribution in [2.24, 2.45) is 0 Å². The number of thiophene rings is 1. The van der Waals surface area contributed by atoms with Crippen LogP contribution in [0.1, 0.15) is 43.0 Å². The monoisotopic (exact) mass is 513 g/mol. The minimum Gasteiger partial charge on any atom is -0.366 e. The summed E-state index contributed by atoms with van der Waals surface area (Å²) in [7, 11) is -3.56. The van der Waals surface area contributed by atoms with E-state index in [9.17, 15) is 13.2 Å². The number of fused-ring (bicyclic) bond motifs is 1. The number of aromatic nitrogens is 2. The number of carbonyl (C=O) groups is 1. The van der Waals surface area contributed by atoms with Crippen LogP contribution in [0.5, 0.6) is 0 Å². The van der Waals surface area contributed by atoms with Gasteiger partial charge >= 0.3 is 0 Å². The number of amides is 1. The van der Waals surface area contributed by atoms with Gasteiger partial charge in [0.25, 0.3) is 5.91 Å². The molecule has 4 rings (SSSR count). The summed E-state index contributed by atoms with van der Waals surface area (Å²) < 4.78 is 27.5. The molecule has 8 nitrogen and oxygen atoms in total. The van der Waals surface area contributed by atoms with Crippen molar-refractivity contribution in [1.29, 1.82) is 0 Å². The topological polar surface area (TPSA) is 113 Å². The molecule has 1 amide bonds. The third-order valence-electron chi connectivity index (χ3n) is 5.11. The molecule has 1 aliphatic carbocycles. The first kappa shape index (κ1) is 23.0. The minimum atomic E-state index is -3.56. The van der Waals surface area contributed by atoms with Crippen molar-refractivity contribution in [3.63, 3.8) is 0 Å². The summed E-state index contributed by atoms with van der Waals surface area (Å²) in [5.74, 6) is 0.208. The number of benzene rings is 1. The molecule has 1 aromatic carbocycles. The van der Waals surface area contributed by atoms with Gasteiger partial charge in [-0.25, -0.2) is 18.4 Å². The van der Waals surface area contributed by atoms with Crippen LogP contribution in [0.15, 0.2) is 23.8 Å². The van der Waals surface area contributed by atoms with Crippen molar-refractivity contribution in [1.82, 2.24) is 9.97 Å². The Morgan fingerprint density at radius 1 is 1.25 bits per heavy atom. The first-order valence-electron chi connectivity index (χ1n) is 10.1. The molecule has 0 saturated heterocycles. The number of nitrogens with one attached hydrogen (secondary N) is 3. The van der Waals surface area contributed by atoms with Gasteiger partial charge in [0.2, 0.25) is 10.0 Å². The predicted octanol–water partition coefficient (Wildman–Crippen LogP) is 5.37. The van der Waals surface area contributed by atoms with Gasteiger partial charge in [-0.05, 0) is 37.8 Å². The van der Waals surface area contributed by atoms with E-state index < -0.39 is 15.9 Å². The lowest BCUT2D eigenvalue weighted by Crippen LogP contribution is -2.27. The lowest BCUT2D eigenvalue weighted by Gasteiger charge is -2.26. The van der Waals surface area contributed by atoms with Gasteiger partial charge in [-0.2, -0.15) is 0 Å². The summed E-state index contributed by atoms with van der Waals surface area (Å²) >= 11 is 14.0. The van der Waals surface area contributed by atoms with Crippen molar-refractivity contribution in [3.8, 4) is 0 Å². The number of halogens is 2. The second-order valence-corrected chi connectivity index (χ2v) is 11.0. The summed E-state index contributed by atoms with van der Waals surface area (Å²) in [6.45, 7) is 1.76. The van der Waals surface area contributed by atoms with Crippen LogP contribution in [0, 0.1) is 0 Å². The largest absolute Gasteiger partial charge is 0.366 e. The minimum absolute atomic E-state index is 0.00651. The molecule has 1 aliphatic rings. The molecule has 2 aromatic heterocycles. The van der Waals surface area contributed by atoms with Crippen LogP contribution in [0.25, 0.3) is 10.2 Å². The highest BCUT2D eigenvalue weighted by molar-refractivity contribution is 7.92. The summed E-state index contributed by atoms with van der Waals surface area (Å²) in [5.41, 5.74) is 1.14.